The van der Waals surface area contributed by atoms with Crippen molar-refractivity contribution < 1.29 is 18.3 Å². The number of carbonyl (C=O) groups is 1. The van der Waals surface area contributed by atoms with Gasteiger partial charge in [0.05, 0.1) is 16.3 Å². The van der Waals surface area contributed by atoms with Crippen molar-refractivity contribution in [3.63, 3.8) is 0 Å². The number of para-hydroxylation sites is 1. The second-order valence-corrected chi connectivity index (χ2v) is 6.65. The third-order valence-electron chi connectivity index (χ3n) is 2.66. The van der Waals surface area contributed by atoms with E-state index >= 15 is 0 Å². The number of hydrogen-bond donors (Lipinski definition) is 3. The number of halogens is 2. The lowest BCUT2D eigenvalue weighted by Gasteiger charge is -2.12. The van der Waals surface area contributed by atoms with Crippen LogP contribution < -0.4 is 10.3 Å². The average Bonchev–Trinajstić information content (AvgIpc) is 2.48. The molecule has 0 aliphatic rings. The van der Waals surface area contributed by atoms with Crippen molar-refractivity contribution in [1.82, 2.24) is 4.83 Å². The first-order chi connectivity index (χ1) is 10.3. The lowest BCUT2D eigenvalue weighted by molar-refractivity contribution is 0.0698. The quantitative estimate of drug-likeness (QED) is 0.712. The van der Waals surface area contributed by atoms with Gasteiger partial charge in [-0.25, -0.2) is 13.2 Å². The van der Waals surface area contributed by atoms with Gasteiger partial charge < -0.3 is 10.5 Å². The first kappa shape index (κ1) is 16.6. The van der Waals surface area contributed by atoms with Crippen LogP contribution in [-0.2, 0) is 10.0 Å². The molecule has 116 valence electrons. The Labute approximate surface area is 136 Å². The topological polar surface area (TPSA) is 95.5 Å². The first-order valence-electron chi connectivity index (χ1n) is 5.86. The number of sulfonamides is 1. The van der Waals surface area contributed by atoms with E-state index in [-0.39, 0.29) is 26.2 Å². The van der Waals surface area contributed by atoms with Gasteiger partial charge >= 0.3 is 5.97 Å². The van der Waals surface area contributed by atoms with Crippen LogP contribution in [0.25, 0.3) is 0 Å². The fourth-order valence-electron chi connectivity index (χ4n) is 1.64. The van der Waals surface area contributed by atoms with Crippen molar-refractivity contribution in [2.24, 2.45) is 0 Å². The highest BCUT2D eigenvalue weighted by Gasteiger charge is 2.19. The van der Waals surface area contributed by atoms with E-state index < -0.39 is 16.0 Å². The van der Waals surface area contributed by atoms with Gasteiger partial charge in [0.25, 0.3) is 10.0 Å². The van der Waals surface area contributed by atoms with Gasteiger partial charge in [0, 0.05) is 5.02 Å². The average molecular weight is 361 g/mol. The van der Waals surface area contributed by atoms with Gasteiger partial charge in [0.15, 0.2) is 0 Å². The normalized spacial score (nSPS) is 11.2. The second kappa shape index (κ2) is 6.53. The Morgan fingerprint density at radius 2 is 1.77 bits per heavy atom. The number of anilines is 1. The Morgan fingerprint density at radius 1 is 1.09 bits per heavy atom. The minimum atomic E-state index is -4.02. The van der Waals surface area contributed by atoms with E-state index in [0.29, 0.717) is 0 Å². The zero-order valence-electron chi connectivity index (χ0n) is 10.9. The predicted molar refractivity (Wildman–Crippen MR) is 83.8 cm³/mol. The molecule has 9 heteroatoms. The van der Waals surface area contributed by atoms with E-state index in [4.69, 9.17) is 28.3 Å². The summed E-state index contributed by atoms with van der Waals surface area (Å²) in [6.07, 6.45) is 0. The van der Waals surface area contributed by atoms with Crippen LogP contribution in [0.2, 0.25) is 10.0 Å². The van der Waals surface area contributed by atoms with Crippen molar-refractivity contribution in [2.75, 3.05) is 5.43 Å². The first-order valence-corrected chi connectivity index (χ1v) is 8.10. The molecule has 0 unspecified atom stereocenters. The van der Waals surface area contributed by atoms with Crippen LogP contribution in [0.1, 0.15) is 10.4 Å². The summed E-state index contributed by atoms with van der Waals surface area (Å²) in [5, 5.41) is 9.23. The SMILES string of the molecule is O=C(O)c1ccccc1NNS(=O)(=O)c1cc(Cl)ccc1Cl. The maximum Gasteiger partial charge on any atom is 0.337 e. The van der Waals surface area contributed by atoms with Crippen LogP contribution in [0.5, 0.6) is 0 Å². The van der Waals surface area contributed by atoms with Crippen LogP contribution >= 0.6 is 23.2 Å². The molecule has 6 nitrogen and oxygen atoms in total. The third kappa shape index (κ3) is 3.69. The van der Waals surface area contributed by atoms with E-state index in [9.17, 15) is 13.2 Å². The number of rotatable bonds is 5. The second-order valence-electron chi connectivity index (χ2n) is 4.16. The van der Waals surface area contributed by atoms with Crippen LogP contribution in [-0.4, -0.2) is 19.5 Å². The molecule has 0 fully saturated rings. The molecule has 0 aliphatic carbocycles. The molecule has 0 heterocycles. The summed E-state index contributed by atoms with van der Waals surface area (Å²) in [4.78, 5) is 12.9. The molecule has 0 radical (unpaired) electrons. The standard InChI is InChI=1S/C13H10Cl2N2O4S/c14-8-5-6-10(15)12(7-8)22(20,21)17-16-11-4-2-1-3-9(11)13(18)19/h1-7,16-17H,(H,18,19). The van der Waals surface area contributed by atoms with Crippen molar-refractivity contribution >= 4 is 44.9 Å². The molecule has 0 spiro atoms. The number of hydrazine groups is 1. The van der Waals surface area contributed by atoms with Gasteiger partial charge in [-0.2, -0.15) is 0 Å². The van der Waals surface area contributed by atoms with E-state index in [0.717, 1.165) is 0 Å². The summed E-state index contributed by atoms with van der Waals surface area (Å²) < 4.78 is 24.4. The van der Waals surface area contributed by atoms with Gasteiger partial charge in [0.1, 0.15) is 4.90 Å². The Bertz CT molecular complexity index is 825. The van der Waals surface area contributed by atoms with E-state index in [1.54, 1.807) is 6.07 Å². The monoisotopic (exact) mass is 360 g/mol. The van der Waals surface area contributed by atoms with Gasteiger partial charge in [-0.1, -0.05) is 35.3 Å². The van der Waals surface area contributed by atoms with Crippen LogP contribution in [0.4, 0.5) is 5.69 Å². The Morgan fingerprint density at radius 3 is 2.45 bits per heavy atom. The molecule has 3 N–H and O–H groups in total. The highest BCUT2D eigenvalue weighted by Crippen LogP contribution is 2.25. The van der Waals surface area contributed by atoms with Gasteiger partial charge in [-0.05, 0) is 30.3 Å². The summed E-state index contributed by atoms with van der Waals surface area (Å²) >= 11 is 11.6. The molecule has 2 rings (SSSR count). The van der Waals surface area contributed by atoms with Gasteiger partial charge in [-0.15, -0.1) is 4.83 Å². The van der Waals surface area contributed by atoms with Crippen molar-refractivity contribution in [1.29, 1.82) is 0 Å². The molecule has 0 saturated carbocycles. The van der Waals surface area contributed by atoms with E-state index in [1.807, 2.05) is 0 Å². The Kier molecular flexibility index (Phi) is 4.92. The highest BCUT2D eigenvalue weighted by atomic mass is 35.5. The predicted octanol–water partition coefficient (Wildman–Crippen LogP) is 3.00. The lowest BCUT2D eigenvalue weighted by atomic mass is 10.2. The Balaban J connectivity index is 2.28. The number of hydrogen-bond acceptors (Lipinski definition) is 4. The van der Waals surface area contributed by atoms with Crippen molar-refractivity contribution in [3.8, 4) is 0 Å². The number of benzene rings is 2. The molecule has 0 aromatic heterocycles. The molecule has 0 aliphatic heterocycles. The summed E-state index contributed by atoms with van der Waals surface area (Å²) in [5.74, 6) is -1.19. The summed E-state index contributed by atoms with van der Waals surface area (Å²) in [7, 11) is -4.02. The molecular formula is C13H10Cl2N2O4S. The molecule has 2 aromatic carbocycles. The minimum Gasteiger partial charge on any atom is -0.478 e. The summed E-state index contributed by atoms with van der Waals surface area (Å²) in [6.45, 7) is 0. The smallest absolute Gasteiger partial charge is 0.337 e. The number of aromatic carboxylic acids is 1. The third-order valence-corrected chi connectivity index (χ3v) is 4.62. The Hall–Kier alpha value is -1.80. The van der Waals surface area contributed by atoms with E-state index in [1.165, 1.54) is 36.4 Å². The highest BCUT2D eigenvalue weighted by molar-refractivity contribution is 7.89. The molecule has 2 aromatic rings. The molecule has 0 bridgehead atoms. The van der Waals surface area contributed by atoms with Gasteiger partial charge in [0.2, 0.25) is 0 Å². The van der Waals surface area contributed by atoms with Crippen molar-refractivity contribution in [3.05, 3.63) is 58.1 Å². The molecular weight excluding hydrogens is 351 g/mol. The maximum absolute atomic E-state index is 12.2. The van der Waals surface area contributed by atoms with E-state index in [2.05, 4.69) is 10.3 Å². The molecule has 0 saturated heterocycles. The fourth-order valence-corrected chi connectivity index (χ4v) is 3.26. The zero-order valence-corrected chi connectivity index (χ0v) is 13.2. The zero-order chi connectivity index (χ0) is 16.3. The molecule has 0 atom stereocenters. The largest absolute Gasteiger partial charge is 0.478 e. The van der Waals surface area contributed by atoms with Crippen molar-refractivity contribution in [2.45, 2.75) is 4.90 Å². The lowest BCUT2D eigenvalue weighted by Crippen LogP contribution is -2.30. The minimum absolute atomic E-state index is 0.00906. The fraction of sp³-hybridized carbons (Fsp3) is 0. The summed E-state index contributed by atoms with van der Waals surface area (Å²) in [6, 6.07) is 9.85. The molecule has 0 amide bonds. The summed E-state index contributed by atoms with van der Waals surface area (Å²) in [5.41, 5.74) is 2.37. The number of nitrogens with one attached hydrogen (secondary N) is 2. The van der Waals surface area contributed by atoms with Crippen LogP contribution in [0, 0.1) is 0 Å². The molecule has 22 heavy (non-hydrogen) atoms. The maximum atomic E-state index is 12.2. The number of carboxylic acid groups (broad SMARTS) is 1. The van der Waals surface area contributed by atoms with Crippen LogP contribution in [0.3, 0.4) is 0 Å². The number of carboxylic acids is 1. The van der Waals surface area contributed by atoms with Crippen LogP contribution in [0.15, 0.2) is 47.4 Å². The van der Waals surface area contributed by atoms with Gasteiger partial charge in [-0.3, -0.25) is 0 Å².